The lowest BCUT2D eigenvalue weighted by atomic mass is 10.2. The summed E-state index contributed by atoms with van der Waals surface area (Å²) in [5.41, 5.74) is 5.09. The molecule has 0 saturated heterocycles. The molecule has 0 radical (unpaired) electrons. The number of hydroxylamine groups is 1. The minimum absolute atomic E-state index is 0.690. The van der Waals surface area contributed by atoms with Crippen LogP contribution in [0.25, 0.3) is 10.9 Å². The first-order valence-electron chi connectivity index (χ1n) is 4.59. The van der Waals surface area contributed by atoms with Crippen molar-refractivity contribution in [1.82, 2.24) is 15.3 Å². The van der Waals surface area contributed by atoms with Crippen LogP contribution in [0.4, 0.5) is 0 Å². The molecule has 2 rings (SSSR count). The number of aryl methyl sites for hydroxylation is 1. The Kier molecular flexibility index (Phi) is 3.04. The van der Waals surface area contributed by atoms with Gasteiger partial charge in [0.2, 0.25) is 0 Å². The predicted molar refractivity (Wildman–Crippen MR) is 62.3 cm³/mol. The summed E-state index contributed by atoms with van der Waals surface area (Å²) < 4.78 is 2.74. The van der Waals surface area contributed by atoms with Gasteiger partial charge in [-0.3, -0.25) is 4.68 Å². The first-order valence-corrected chi connectivity index (χ1v) is 5.38. The van der Waals surface area contributed by atoms with Crippen molar-refractivity contribution in [2.24, 2.45) is 7.05 Å². The minimum atomic E-state index is 0.690. The van der Waals surface area contributed by atoms with E-state index in [0.29, 0.717) is 6.54 Å². The first kappa shape index (κ1) is 10.6. The zero-order valence-electron chi connectivity index (χ0n) is 8.62. The second-order valence-corrected chi connectivity index (χ2v) is 4.04. The summed E-state index contributed by atoms with van der Waals surface area (Å²) in [6.07, 6.45) is 0. The Labute approximate surface area is 96.3 Å². The van der Waals surface area contributed by atoms with E-state index in [9.17, 15) is 0 Å². The van der Waals surface area contributed by atoms with Gasteiger partial charge in [0.25, 0.3) is 0 Å². The summed E-state index contributed by atoms with van der Waals surface area (Å²) >= 11 is 3.42. The molecular formula is C10H12BrN3O. The average Bonchev–Trinajstić information content (AvgIpc) is 2.52. The Morgan fingerprint density at radius 2 is 2.33 bits per heavy atom. The number of halogens is 1. The molecule has 4 nitrogen and oxygen atoms in total. The Morgan fingerprint density at radius 1 is 1.53 bits per heavy atom. The van der Waals surface area contributed by atoms with Crippen LogP contribution in [-0.4, -0.2) is 16.9 Å². The van der Waals surface area contributed by atoms with Crippen molar-refractivity contribution >= 4 is 26.8 Å². The lowest BCUT2D eigenvalue weighted by molar-refractivity contribution is 0.0867. The zero-order valence-corrected chi connectivity index (χ0v) is 10.2. The normalized spacial score (nSPS) is 11.1. The fourth-order valence-corrected chi connectivity index (χ4v) is 2.10. The van der Waals surface area contributed by atoms with Crippen LogP contribution in [0, 0.1) is 0 Å². The third kappa shape index (κ3) is 2.04. The first-order chi connectivity index (χ1) is 7.22. The molecule has 1 aromatic carbocycles. The van der Waals surface area contributed by atoms with Gasteiger partial charge in [-0.15, -0.1) is 0 Å². The largest absolute Gasteiger partial charge is 0.305 e. The van der Waals surface area contributed by atoms with E-state index in [-0.39, 0.29) is 0 Å². The Morgan fingerprint density at radius 3 is 3.07 bits per heavy atom. The van der Waals surface area contributed by atoms with Gasteiger partial charge in [-0.2, -0.15) is 10.6 Å². The highest BCUT2D eigenvalue weighted by atomic mass is 79.9. The maximum Gasteiger partial charge on any atom is 0.135 e. The van der Waals surface area contributed by atoms with Crippen molar-refractivity contribution in [3.63, 3.8) is 0 Å². The van der Waals surface area contributed by atoms with Crippen LogP contribution < -0.4 is 5.48 Å². The number of fused-ring (bicyclic) bond motifs is 1. The molecule has 1 heterocycles. The van der Waals surface area contributed by atoms with Gasteiger partial charge in [0.05, 0.1) is 12.6 Å². The van der Waals surface area contributed by atoms with Gasteiger partial charge < -0.3 is 4.84 Å². The van der Waals surface area contributed by atoms with Crippen molar-refractivity contribution in [2.75, 3.05) is 7.11 Å². The maximum atomic E-state index is 4.81. The van der Waals surface area contributed by atoms with E-state index in [4.69, 9.17) is 4.84 Å². The van der Waals surface area contributed by atoms with Crippen LogP contribution in [-0.2, 0) is 18.4 Å². The number of benzene rings is 1. The van der Waals surface area contributed by atoms with Crippen LogP contribution in [0.3, 0.4) is 0 Å². The third-order valence-corrected chi connectivity index (χ3v) is 2.88. The van der Waals surface area contributed by atoms with Crippen molar-refractivity contribution < 1.29 is 4.84 Å². The molecule has 15 heavy (non-hydrogen) atoms. The van der Waals surface area contributed by atoms with Gasteiger partial charge in [-0.05, 0) is 33.6 Å². The fourth-order valence-electron chi connectivity index (χ4n) is 1.52. The number of nitrogens with one attached hydrogen (secondary N) is 1. The summed E-state index contributed by atoms with van der Waals surface area (Å²) in [6, 6.07) is 6.21. The second-order valence-electron chi connectivity index (χ2n) is 3.29. The number of rotatable bonds is 3. The highest BCUT2D eigenvalue weighted by molar-refractivity contribution is 9.10. The summed E-state index contributed by atoms with van der Waals surface area (Å²) in [4.78, 5) is 4.81. The number of nitrogens with zero attached hydrogens (tertiary/aromatic N) is 2. The third-order valence-electron chi connectivity index (χ3n) is 2.29. The van der Waals surface area contributed by atoms with E-state index >= 15 is 0 Å². The second kappa shape index (κ2) is 4.30. The molecule has 1 N–H and O–H groups in total. The van der Waals surface area contributed by atoms with Gasteiger partial charge in [0, 0.05) is 19.0 Å². The monoisotopic (exact) mass is 269 g/mol. The van der Waals surface area contributed by atoms with E-state index in [1.807, 2.05) is 11.7 Å². The highest BCUT2D eigenvalue weighted by Crippen LogP contribution is 2.23. The van der Waals surface area contributed by atoms with Crippen molar-refractivity contribution in [3.8, 4) is 0 Å². The lowest BCUT2D eigenvalue weighted by Gasteiger charge is -2.02. The number of aromatic nitrogens is 2. The molecule has 0 spiro atoms. The SMILES string of the molecule is CONCc1ccc2c(Br)nn(C)c2c1. The molecule has 0 saturated carbocycles. The molecule has 0 unspecified atom stereocenters. The molecule has 0 aliphatic carbocycles. The van der Waals surface area contributed by atoms with Crippen molar-refractivity contribution in [2.45, 2.75) is 6.54 Å². The quantitative estimate of drug-likeness (QED) is 0.867. The van der Waals surface area contributed by atoms with E-state index < -0.39 is 0 Å². The van der Waals surface area contributed by atoms with Gasteiger partial charge in [0.15, 0.2) is 0 Å². The molecule has 0 aliphatic heterocycles. The molecule has 5 heteroatoms. The fraction of sp³-hybridized carbons (Fsp3) is 0.300. The highest BCUT2D eigenvalue weighted by Gasteiger charge is 2.06. The summed E-state index contributed by atoms with van der Waals surface area (Å²) in [5.74, 6) is 0. The van der Waals surface area contributed by atoms with Crippen molar-refractivity contribution in [3.05, 3.63) is 28.4 Å². The molecule has 0 fully saturated rings. The van der Waals surface area contributed by atoms with Gasteiger partial charge in [-0.25, -0.2) is 0 Å². The standard InChI is InChI=1S/C10H12BrN3O/c1-14-9-5-7(6-12-15-2)3-4-8(9)10(11)13-14/h3-5,12H,6H2,1-2H3. The molecule has 0 atom stereocenters. The molecular weight excluding hydrogens is 258 g/mol. The molecule has 0 amide bonds. The zero-order chi connectivity index (χ0) is 10.8. The Hall–Kier alpha value is -0.910. The molecule has 0 bridgehead atoms. The summed E-state index contributed by atoms with van der Waals surface area (Å²) in [5, 5.41) is 5.42. The number of hydrogen-bond donors (Lipinski definition) is 1. The molecule has 1 aromatic heterocycles. The average molecular weight is 270 g/mol. The van der Waals surface area contributed by atoms with Crippen molar-refractivity contribution in [1.29, 1.82) is 0 Å². The van der Waals surface area contributed by atoms with E-state index in [1.165, 1.54) is 5.56 Å². The van der Waals surface area contributed by atoms with Gasteiger partial charge >= 0.3 is 0 Å². The Bertz CT molecular complexity index is 481. The van der Waals surface area contributed by atoms with E-state index in [1.54, 1.807) is 7.11 Å². The van der Waals surface area contributed by atoms with E-state index in [0.717, 1.165) is 15.5 Å². The maximum absolute atomic E-state index is 4.81. The predicted octanol–water partition coefficient (Wildman–Crippen LogP) is 1.99. The van der Waals surface area contributed by atoms with E-state index in [2.05, 4.69) is 44.7 Å². The minimum Gasteiger partial charge on any atom is -0.305 e. The van der Waals surface area contributed by atoms with Crippen LogP contribution in [0.5, 0.6) is 0 Å². The summed E-state index contributed by atoms with van der Waals surface area (Å²) in [6.45, 7) is 0.690. The summed E-state index contributed by atoms with van der Waals surface area (Å²) in [7, 11) is 3.54. The van der Waals surface area contributed by atoms with Gasteiger partial charge in [0.1, 0.15) is 4.60 Å². The van der Waals surface area contributed by atoms with Gasteiger partial charge in [-0.1, -0.05) is 6.07 Å². The number of hydrogen-bond acceptors (Lipinski definition) is 3. The van der Waals surface area contributed by atoms with Crippen LogP contribution in [0.1, 0.15) is 5.56 Å². The smallest absolute Gasteiger partial charge is 0.135 e. The lowest BCUT2D eigenvalue weighted by Crippen LogP contribution is -2.10. The topological polar surface area (TPSA) is 39.1 Å². The molecule has 2 aromatic rings. The molecule has 80 valence electrons. The van der Waals surface area contributed by atoms with Crippen LogP contribution >= 0.6 is 15.9 Å². The molecule has 0 aliphatic rings. The van der Waals surface area contributed by atoms with Crippen LogP contribution in [0.15, 0.2) is 22.8 Å². The Balaban J connectivity index is 2.41. The van der Waals surface area contributed by atoms with Crippen LogP contribution in [0.2, 0.25) is 0 Å².